The summed E-state index contributed by atoms with van der Waals surface area (Å²) in [5.74, 6) is -0.361. The van der Waals surface area contributed by atoms with E-state index in [1.807, 2.05) is 49.5 Å². The van der Waals surface area contributed by atoms with Crippen molar-refractivity contribution in [2.45, 2.75) is 65.4 Å². The zero-order valence-electron chi connectivity index (χ0n) is 24.8. The van der Waals surface area contributed by atoms with Gasteiger partial charge in [0.25, 0.3) is 0 Å². The number of benzene rings is 1. The number of piperidine rings is 2. The number of carbonyl (C=O) groups is 3. The van der Waals surface area contributed by atoms with Gasteiger partial charge in [0.15, 0.2) is 0 Å². The van der Waals surface area contributed by atoms with Crippen LogP contribution in [-0.2, 0) is 21.4 Å². The molecule has 218 valence electrons. The molecule has 10 nitrogen and oxygen atoms in total. The standard InChI is InChI=1S/C30H44N6O4/c1-29(2,3)40-28(39)36-13-12-20(30(4,5)19-36)18-34-14-16-35(17-15-34)23-9-7-8-21-25(32-33(6)26(21)23)22-10-11-24(37)31-27(22)38/h7-9,20,22H,10-19H2,1-6H3,(H,31,37,38)/t20-,22?/m1/s1. The fourth-order valence-corrected chi connectivity index (χ4v) is 6.52. The zero-order valence-corrected chi connectivity index (χ0v) is 24.8. The van der Waals surface area contributed by atoms with Crippen molar-refractivity contribution in [2.24, 2.45) is 18.4 Å². The largest absolute Gasteiger partial charge is 0.444 e. The van der Waals surface area contributed by atoms with E-state index in [0.29, 0.717) is 25.3 Å². The zero-order chi connectivity index (χ0) is 28.8. The summed E-state index contributed by atoms with van der Waals surface area (Å²) in [6, 6.07) is 6.22. The molecule has 4 heterocycles. The van der Waals surface area contributed by atoms with Gasteiger partial charge in [-0.25, -0.2) is 4.79 Å². The van der Waals surface area contributed by atoms with Gasteiger partial charge in [-0.3, -0.25) is 24.5 Å². The fourth-order valence-electron chi connectivity index (χ4n) is 6.52. The Bertz CT molecular complexity index is 1290. The molecule has 3 aliphatic heterocycles. The highest BCUT2D eigenvalue weighted by Gasteiger charge is 2.40. The number of ether oxygens (including phenoxy) is 1. The van der Waals surface area contributed by atoms with Crippen molar-refractivity contribution < 1.29 is 19.1 Å². The Morgan fingerprint density at radius 3 is 2.48 bits per heavy atom. The number of para-hydroxylation sites is 1. The number of fused-ring (bicyclic) bond motifs is 1. The van der Waals surface area contributed by atoms with Crippen LogP contribution in [0.4, 0.5) is 10.5 Å². The molecule has 0 saturated carbocycles. The van der Waals surface area contributed by atoms with E-state index in [2.05, 4.69) is 35.0 Å². The summed E-state index contributed by atoms with van der Waals surface area (Å²) in [6.45, 7) is 16.5. The maximum absolute atomic E-state index is 12.7. The minimum atomic E-state index is -0.482. The lowest BCUT2D eigenvalue weighted by Gasteiger charge is -2.47. The minimum Gasteiger partial charge on any atom is -0.444 e. The Balaban J connectivity index is 1.22. The van der Waals surface area contributed by atoms with Crippen LogP contribution < -0.4 is 10.2 Å². The molecule has 3 aliphatic rings. The van der Waals surface area contributed by atoms with E-state index in [0.717, 1.165) is 68.0 Å². The van der Waals surface area contributed by atoms with E-state index in [-0.39, 0.29) is 23.3 Å². The molecule has 2 atom stereocenters. The number of nitrogens with zero attached hydrogens (tertiary/aromatic N) is 5. The third kappa shape index (κ3) is 5.82. The van der Waals surface area contributed by atoms with Gasteiger partial charge in [0.2, 0.25) is 11.8 Å². The summed E-state index contributed by atoms with van der Waals surface area (Å²) < 4.78 is 7.51. The van der Waals surface area contributed by atoms with E-state index in [1.54, 1.807) is 0 Å². The topological polar surface area (TPSA) is 100 Å². The third-order valence-corrected chi connectivity index (χ3v) is 8.74. The van der Waals surface area contributed by atoms with Crippen molar-refractivity contribution >= 4 is 34.5 Å². The van der Waals surface area contributed by atoms with E-state index < -0.39 is 11.5 Å². The first-order valence-corrected chi connectivity index (χ1v) is 14.6. The van der Waals surface area contributed by atoms with Gasteiger partial charge in [-0.2, -0.15) is 5.10 Å². The molecule has 1 aromatic carbocycles. The lowest BCUT2D eigenvalue weighted by Crippen LogP contribution is -2.54. The number of piperazine rings is 1. The Labute approximate surface area is 237 Å². The number of rotatable bonds is 4. The molecule has 0 bridgehead atoms. The average Bonchev–Trinajstić information content (AvgIpc) is 3.21. The highest BCUT2D eigenvalue weighted by atomic mass is 16.6. The molecule has 3 saturated heterocycles. The molecule has 3 amide bonds. The van der Waals surface area contributed by atoms with E-state index >= 15 is 0 Å². The molecule has 40 heavy (non-hydrogen) atoms. The van der Waals surface area contributed by atoms with Gasteiger partial charge < -0.3 is 14.5 Å². The predicted octanol–water partition coefficient (Wildman–Crippen LogP) is 3.50. The Morgan fingerprint density at radius 2 is 1.82 bits per heavy atom. The summed E-state index contributed by atoms with van der Waals surface area (Å²) in [5, 5.41) is 8.21. The maximum atomic E-state index is 12.7. The highest BCUT2D eigenvalue weighted by Crippen LogP contribution is 2.37. The van der Waals surface area contributed by atoms with Crippen LogP contribution in [0.5, 0.6) is 0 Å². The van der Waals surface area contributed by atoms with Crippen LogP contribution in [0.2, 0.25) is 0 Å². The molecule has 1 aromatic heterocycles. The van der Waals surface area contributed by atoms with Crippen molar-refractivity contribution in [3.05, 3.63) is 23.9 Å². The molecule has 0 radical (unpaired) electrons. The first kappa shape index (κ1) is 28.4. The molecule has 1 unspecified atom stereocenters. The van der Waals surface area contributed by atoms with Crippen LogP contribution in [0.1, 0.15) is 65.5 Å². The molecule has 0 aliphatic carbocycles. The van der Waals surface area contributed by atoms with Crippen LogP contribution in [0.25, 0.3) is 10.9 Å². The second-order valence-corrected chi connectivity index (χ2v) is 13.3. The monoisotopic (exact) mass is 552 g/mol. The number of hydrogen-bond donors (Lipinski definition) is 1. The normalized spacial score (nSPS) is 24.4. The molecular weight excluding hydrogens is 508 g/mol. The Kier molecular flexibility index (Phi) is 7.58. The van der Waals surface area contributed by atoms with Gasteiger partial charge in [-0.15, -0.1) is 0 Å². The first-order chi connectivity index (χ1) is 18.8. The van der Waals surface area contributed by atoms with E-state index in [9.17, 15) is 14.4 Å². The van der Waals surface area contributed by atoms with Gasteiger partial charge in [0, 0.05) is 64.7 Å². The van der Waals surface area contributed by atoms with Crippen LogP contribution in [0.3, 0.4) is 0 Å². The van der Waals surface area contributed by atoms with Crippen molar-refractivity contribution in [1.29, 1.82) is 0 Å². The number of aryl methyl sites for hydroxylation is 1. The fraction of sp³-hybridized carbons (Fsp3) is 0.667. The average molecular weight is 553 g/mol. The molecule has 5 rings (SSSR count). The molecule has 0 spiro atoms. The number of carbonyl (C=O) groups excluding carboxylic acids is 3. The first-order valence-electron chi connectivity index (χ1n) is 14.6. The van der Waals surface area contributed by atoms with E-state index in [1.165, 1.54) is 0 Å². The minimum absolute atomic E-state index is 0.0129. The smallest absolute Gasteiger partial charge is 0.410 e. The predicted molar refractivity (Wildman–Crippen MR) is 154 cm³/mol. The maximum Gasteiger partial charge on any atom is 0.410 e. The van der Waals surface area contributed by atoms with Crippen LogP contribution >= 0.6 is 0 Å². The summed E-state index contributed by atoms with van der Waals surface area (Å²) in [7, 11) is 1.93. The second kappa shape index (κ2) is 10.7. The van der Waals surface area contributed by atoms with Gasteiger partial charge in [0.1, 0.15) is 5.60 Å². The molecule has 3 fully saturated rings. The van der Waals surface area contributed by atoms with Crippen LogP contribution in [0.15, 0.2) is 18.2 Å². The van der Waals surface area contributed by atoms with Gasteiger partial charge in [-0.1, -0.05) is 26.0 Å². The van der Waals surface area contributed by atoms with Gasteiger partial charge >= 0.3 is 6.09 Å². The number of hydrogen-bond acceptors (Lipinski definition) is 7. The SMILES string of the molecule is Cn1nc(C2CCC(=O)NC2=O)c2cccc(N3CCN(C[C@H]4CCN(C(=O)OC(C)(C)C)CC4(C)C)CC3)c21. The number of likely N-dealkylation sites (tertiary alicyclic amines) is 1. The highest BCUT2D eigenvalue weighted by molar-refractivity contribution is 6.03. The molecule has 10 heteroatoms. The number of amides is 3. The number of aromatic nitrogens is 2. The Hall–Kier alpha value is -3.14. The van der Waals surface area contributed by atoms with Crippen molar-refractivity contribution in [3.63, 3.8) is 0 Å². The molecular formula is C30H44N6O4. The number of nitrogens with one attached hydrogen (secondary N) is 1. The lowest BCUT2D eigenvalue weighted by molar-refractivity contribution is -0.134. The number of imide groups is 1. The molecule has 1 N–H and O–H groups in total. The summed E-state index contributed by atoms with van der Waals surface area (Å²) in [4.78, 5) is 43.7. The van der Waals surface area contributed by atoms with E-state index in [4.69, 9.17) is 9.84 Å². The van der Waals surface area contributed by atoms with Gasteiger partial charge in [-0.05, 0) is 51.0 Å². The van der Waals surface area contributed by atoms with Crippen molar-refractivity contribution in [1.82, 2.24) is 24.9 Å². The summed E-state index contributed by atoms with van der Waals surface area (Å²) in [6.07, 6.45) is 1.60. The quantitative estimate of drug-likeness (QED) is 0.580. The summed E-state index contributed by atoms with van der Waals surface area (Å²) in [5.41, 5.74) is 2.45. The third-order valence-electron chi connectivity index (χ3n) is 8.74. The van der Waals surface area contributed by atoms with Crippen molar-refractivity contribution in [2.75, 3.05) is 50.7 Å². The van der Waals surface area contributed by atoms with Crippen LogP contribution in [-0.4, -0.2) is 88.9 Å². The van der Waals surface area contributed by atoms with Gasteiger partial charge in [0.05, 0.1) is 22.8 Å². The summed E-state index contributed by atoms with van der Waals surface area (Å²) >= 11 is 0. The number of anilines is 1. The molecule has 2 aromatic rings. The van der Waals surface area contributed by atoms with Crippen LogP contribution in [0, 0.1) is 11.3 Å². The second-order valence-electron chi connectivity index (χ2n) is 13.3. The lowest BCUT2D eigenvalue weighted by atomic mass is 9.73. The Morgan fingerprint density at radius 1 is 1.10 bits per heavy atom. The van der Waals surface area contributed by atoms with Crippen molar-refractivity contribution in [3.8, 4) is 0 Å².